The van der Waals surface area contributed by atoms with E-state index in [4.69, 9.17) is 22.7 Å². The largest absolute Gasteiger partial charge is 0.392 e. The number of carbonyl (C=O) groups excluding carboxylic acids is 2. The summed E-state index contributed by atoms with van der Waals surface area (Å²) < 4.78 is 5.27. The van der Waals surface area contributed by atoms with E-state index in [2.05, 4.69) is 5.32 Å². The minimum atomic E-state index is -0.868. The van der Waals surface area contributed by atoms with Crippen molar-refractivity contribution in [1.29, 1.82) is 0 Å². The molecule has 0 saturated carbocycles. The Balaban J connectivity index is 2.69. The Labute approximate surface area is 125 Å². The summed E-state index contributed by atoms with van der Waals surface area (Å²) in [4.78, 5) is 25.9. The summed E-state index contributed by atoms with van der Waals surface area (Å²) in [6.07, 6.45) is 1.81. The van der Waals surface area contributed by atoms with Crippen LogP contribution in [0.25, 0.3) is 0 Å². The monoisotopic (exact) mass is 301 g/mol. The van der Waals surface area contributed by atoms with Gasteiger partial charge in [0, 0.05) is 26.8 Å². The van der Waals surface area contributed by atoms with Gasteiger partial charge in [0.25, 0.3) is 0 Å². The SMILES string of the molecule is CCCNC(=O)CN(C)C(=O)C1(C(N)=S)CCOCC1. The van der Waals surface area contributed by atoms with Gasteiger partial charge in [-0.1, -0.05) is 19.1 Å². The van der Waals surface area contributed by atoms with Gasteiger partial charge in [0.1, 0.15) is 5.41 Å². The number of nitrogens with one attached hydrogen (secondary N) is 1. The molecule has 1 fully saturated rings. The molecule has 0 radical (unpaired) electrons. The van der Waals surface area contributed by atoms with Gasteiger partial charge in [-0.05, 0) is 19.3 Å². The summed E-state index contributed by atoms with van der Waals surface area (Å²) in [6, 6.07) is 0. The van der Waals surface area contributed by atoms with Crippen molar-refractivity contribution in [1.82, 2.24) is 10.2 Å². The molecule has 0 atom stereocenters. The van der Waals surface area contributed by atoms with Crippen LogP contribution < -0.4 is 11.1 Å². The van der Waals surface area contributed by atoms with E-state index in [0.717, 1.165) is 6.42 Å². The molecule has 0 aromatic carbocycles. The zero-order valence-corrected chi connectivity index (χ0v) is 12.9. The van der Waals surface area contributed by atoms with Crippen LogP contribution in [0.1, 0.15) is 26.2 Å². The number of carbonyl (C=O) groups is 2. The Hall–Kier alpha value is -1.21. The summed E-state index contributed by atoms with van der Waals surface area (Å²) in [7, 11) is 1.60. The fourth-order valence-corrected chi connectivity index (χ4v) is 2.55. The molecule has 0 unspecified atom stereocenters. The first-order valence-electron chi connectivity index (χ1n) is 6.84. The average Bonchev–Trinajstić information content (AvgIpc) is 2.44. The van der Waals surface area contributed by atoms with E-state index >= 15 is 0 Å². The molecule has 3 N–H and O–H groups in total. The third-order valence-corrected chi connectivity index (χ3v) is 3.92. The van der Waals surface area contributed by atoms with Crippen LogP contribution in [0.5, 0.6) is 0 Å². The second-order valence-electron chi connectivity index (χ2n) is 5.07. The van der Waals surface area contributed by atoms with Gasteiger partial charge >= 0.3 is 0 Å². The molecule has 1 rings (SSSR count). The smallest absolute Gasteiger partial charge is 0.239 e. The van der Waals surface area contributed by atoms with E-state index in [0.29, 0.717) is 32.6 Å². The van der Waals surface area contributed by atoms with Crippen molar-refractivity contribution in [3.05, 3.63) is 0 Å². The third-order valence-electron chi connectivity index (χ3n) is 3.53. The third kappa shape index (κ3) is 3.89. The molecule has 0 aromatic heterocycles. The first-order valence-corrected chi connectivity index (χ1v) is 7.25. The predicted octanol–water partition coefficient (Wildman–Crippen LogP) is 0.0539. The van der Waals surface area contributed by atoms with Crippen LogP contribution in [0.2, 0.25) is 0 Å². The molecule has 0 spiro atoms. The van der Waals surface area contributed by atoms with Crippen molar-refractivity contribution >= 4 is 29.0 Å². The normalized spacial score (nSPS) is 17.3. The van der Waals surface area contributed by atoms with E-state index in [1.165, 1.54) is 4.90 Å². The molecule has 2 amide bonds. The van der Waals surface area contributed by atoms with Crippen LogP contribution in [0.4, 0.5) is 0 Å². The van der Waals surface area contributed by atoms with Crippen molar-refractivity contribution in [3.8, 4) is 0 Å². The molecule has 1 aliphatic rings. The molecule has 1 aliphatic heterocycles. The van der Waals surface area contributed by atoms with Gasteiger partial charge in [0.15, 0.2) is 0 Å². The lowest BCUT2D eigenvalue weighted by molar-refractivity contribution is -0.143. The zero-order chi connectivity index (χ0) is 15.2. The van der Waals surface area contributed by atoms with Gasteiger partial charge in [-0.25, -0.2) is 0 Å². The van der Waals surface area contributed by atoms with E-state index in [1.54, 1.807) is 7.05 Å². The number of nitrogens with two attached hydrogens (primary N) is 1. The molecule has 6 nitrogen and oxygen atoms in total. The maximum atomic E-state index is 12.6. The first kappa shape index (κ1) is 16.8. The molecular weight excluding hydrogens is 278 g/mol. The lowest BCUT2D eigenvalue weighted by Crippen LogP contribution is -2.53. The Kier molecular flexibility index (Phi) is 6.35. The van der Waals surface area contributed by atoms with Crippen molar-refractivity contribution < 1.29 is 14.3 Å². The predicted molar refractivity (Wildman–Crippen MR) is 80.2 cm³/mol. The Morgan fingerprint density at radius 1 is 1.40 bits per heavy atom. The topological polar surface area (TPSA) is 84.7 Å². The molecule has 20 heavy (non-hydrogen) atoms. The summed E-state index contributed by atoms with van der Waals surface area (Å²) in [5.41, 5.74) is 4.91. The molecule has 1 saturated heterocycles. The van der Waals surface area contributed by atoms with Crippen LogP contribution in [0, 0.1) is 5.41 Å². The number of nitrogens with zero attached hydrogens (tertiary/aromatic N) is 1. The van der Waals surface area contributed by atoms with Crippen molar-refractivity contribution in [3.63, 3.8) is 0 Å². The van der Waals surface area contributed by atoms with Crippen LogP contribution in [-0.2, 0) is 14.3 Å². The highest BCUT2D eigenvalue weighted by Gasteiger charge is 2.44. The highest BCUT2D eigenvalue weighted by Crippen LogP contribution is 2.32. The van der Waals surface area contributed by atoms with Gasteiger partial charge in [0.2, 0.25) is 11.8 Å². The fourth-order valence-electron chi connectivity index (χ4n) is 2.26. The van der Waals surface area contributed by atoms with E-state index in [-0.39, 0.29) is 23.3 Å². The summed E-state index contributed by atoms with van der Waals surface area (Å²) in [6.45, 7) is 3.51. The molecule has 0 bridgehead atoms. The van der Waals surface area contributed by atoms with Gasteiger partial charge in [-0.3, -0.25) is 9.59 Å². The van der Waals surface area contributed by atoms with Crippen LogP contribution in [0.15, 0.2) is 0 Å². The van der Waals surface area contributed by atoms with Crippen LogP contribution in [-0.4, -0.2) is 55.1 Å². The number of likely N-dealkylation sites (N-methyl/N-ethyl adjacent to an activating group) is 1. The minimum absolute atomic E-state index is 0.0179. The van der Waals surface area contributed by atoms with Crippen molar-refractivity contribution in [2.75, 3.05) is 33.4 Å². The molecule has 7 heteroatoms. The number of thiocarbonyl (C=S) groups is 1. The van der Waals surface area contributed by atoms with Crippen LogP contribution >= 0.6 is 12.2 Å². The van der Waals surface area contributed by atoms with Gasteiger partial charge in [-0.2, -0.15) is 0 Å². The molecule has 0 aliphatic carbocycles. The maximum Gasteiger partial charge on any atom is 0.239 e. The molecule has 1 heterocycles. The second-order valence-corrected chi connectivity index (χ2v) is 5.51. The number of hydrogen-bond donors (Lipinski definition) is 2. The van der Waals surface area contributed by atoms with Gasteiger partial charge in [-0.15, -0.1) is 0 Å². The second kappa shape index (κ2) is 7.54. The van der Waals surface area contributed by atoms with E-state index in [9.17, 15) is 9.59 Å². The van der Waals surface area contributed by atoms with Crippen LogP contribution in [0.3, 0.4) is 0 Å². The van der Waals surface area contributed by atoms with Crippen molar-refractivity contribution in [2.45, 2.75) is 26.2 Å². The Morgan fingerprint density at radius 3 is 2.50 bits per heavy atom. The number of rotatable bonds is 6. The molecule has 114 valence electrons. The van der Waals surface area contributed by atoms with Gasteiger partial charge < -0.3 is 20.7 Å². The number of hydrogen-bond acceptors (Lipinski definition) is 4. The summed E-state index contributed by atoms with van der Waals surface area (Å²) in [5.74, 6) is -0.368. The summed E-state index contributed by atoms with van der Waals surface area (Å²) >= 11 is 5.08. The standard InChI is InChI=1S/C13H23N3O3S/c1-3-6-15-10(17)9-16(2)12(18)13(11(14)20)4-7-19-8-5-13/h3-9H2,1-2H3,(H2,14,20)(H,15,17). The molecule has 0 aromatic rings. The maximum absolute atomic E-state index is 12.6. The van der Waals surface area contributed by atoms with E-state index < -0.39 is 5.41 Å². The fraction of sp³-hybridized carbons (Fsp3) is 0.769. The Bertz CT molecular complexity index is 381. The highest BCUT2D eigenvalue weighted by molar-refractivity contribution is 7.80. The number of amides is 2. The lowest BCUT2D eigenvalue weighted by atomic mass is 9.78. The zero-order valence-electron chi connectivity index (χ0n) is 12.1. The average molecular weight is 301 g/mol. The summed E-state index contributed by atoms with van der Waals surface area (Å²) in [5, 5.41) is 2.74. The quantitative estimate of drug-likeness (QED) is 0.677. The van der Waals surface area contributed by atoms with E-state index in [1.807, 2.05) is 6.92 Å². The van der Waals surface area contributed by atoms with Crippen molar-refractivity contribution in [2.24, 2.45) is 11.1 Å². The highest BCUT2D eigenvalue weighted by atomic mass is 32.1. The first-order chi connectivity index (χ1) is 9.44. The minimum Gasteiger partial charge on any atom is -0.392 e. The molecular formula is C13H23N3O3S. The number of ether oxygens (including phenoxy) is 1. The Morgan fingerprint density at radius 2 is 2.00 bits per heavy atom. The lowest BCUT2D eigenvalue weighted by Gasteiger charge is -2.37. The van der Waals surface area contributed by atoms with Gasteiger partial charge in [0.05, 0.1) is 11.5 Å².